The highest BCUT2D eigenvalue weighted by molar-refractivity contribution is 5.57. The SMILES string of the molecule is CCc1cccc(CC)c1NCCOCCOC. The van der Waals surface area contributed by atoms with Gasteiger partial charge in [-0.3, -0.25) is 0 Å². The molecule has 0 saturated carbocycles. The Hall–Kier alpha value is -1.06. The van der Waals surface area contributed by atoms with Gasteiger partial charge in [-0.2, -0.15) is 0 Å². The van der Waals surface area contributed by atoms with Crippen LogP contribution in [0.25, 0.3) is 0 Å². The maximum absolute atomic E-state index is 5.46. The number of anilines is 1. The van der Waals surface area contributed by atoms with Gasteiger partial charge >= 0.3 is 0 Å². The molecule has 0 aliphatic carbocycles. The molecule has 0 aliphatic rings. The van der Waals surface area contributed by atoms with E-state index < -0.39 is 0 Å². The largest absolute Gasteiger partial charge is 0.382 e. The predicted octanol–water partition coefficient (Wildman–Crippen LogP) is 2.89. The Morgan fingerprint density at radius 3 is 2.22 bits per heavy atom. The number of methoxy groups -OCH3 is 1. The molecule has 1 aromatic rings. The van der Waals surface area contributed by atoms with Gasteiger partial charge in [0.15, 0.2) is 0 Å². The van der Waals surface area contributed by atoms with Gasteiger partial charge in [0.1, 0.15) is 0 Å². The fraction of sp³-hybridized carbons (Fsp3) is 0.600. The minimum Gasteiger partial charge on any atom is -0.382 e. The molecule has 0 spiro atoms. The molecule has 0 amide bonds. The Morgan fingerprint density at radius 2 is 1.67 bits per heavy atom. The van der Waals surface area contributed by atoms with Gasteiger partial charge in [-0.15, -0.1) is 0 Å². The highest BCUT2D eigenvalue weighted by atomic mass is 16.5. The van der Waals surface area contributed by atoms with Crippen LogP contribution in [-0.2, 0) is 22.3 Å². The maximum atomic E-state index is 5.46. The molecule has 0 bridgehead atoms. The smallest absolute Gasteiger partial charge is 0.0701 e. The van der Waals surface area contributed by atoms with E-state index in [9.17, 15) is 0 Å². The molecule has 18 heavy (non-hydrogen) atoms. The Balaban J connectivity index is 2.45. The van der Waals surface area contributed by atoms with Gasteiger partial charge in [-0.05, 0) is 24.0 Å². The first kappa shape index (κ1) is 15.0. The summed E-state index contributed by atoms with van der Waals surface area (Å²) < 4.78 is 10.4. The first-order valence-electron chi connectivity index (χ1n) is 6.74. The van der Waals surface area contributed by atoms with E-state index in [1.165, 1.54) is 16.8 Å². The van der Waals surface area contributed by atoms with Crippen LogP contribution in [0.2, 0.25) is 0 Å². The van der Waals surface area contributed by atoms with Crippen molar-refractivity contribution in [2.24, 2.45) is 0 Å². The third-order valence-electron chi connectivity index (χ3n) is 2.98. The normalized spacial score (nSPS) is 10.6. The van der Waals surface area contributed by atoms with E-state index in [1.807, 2.05) is 0 Å². The molecule has 0 aliphatic heterocycles. The summed E-state index contributed by atoms with van der Waals surface area (Å²) in [5.41, 5.74) is 4.05. The zero-order chi connectivity index (χ0) is 13.2. The van der Waals surface area contributed by atoms with Gasteiger partial charge < -0.3 is 14.8 Å². The fourth-order valence-electron chi connectivity index (χ4n) is 1.96. The molecule has 3 heteroatoms. The second-order valence-corrected chi connectivity index (χ2v) is 4.19. The number of benzene rings is 1. The third kappa shape index (κ3) is 4.67. The van der Waals surface area contributed by atoms with Crippen LogP contribution in [0.5, 0.6) is 0 Å². The van der Waals surface area contributed by atoms with Crippen molar-refractivity contribution in [1.82, 2.24) is 0 Å². The standard InChI is InChI=1S/C15H25NO2/c1-4-13-7-6-8-14(5-2)15(13)16-9-10-18-12-11-17-3/h6-8,16H,4-5,9-12H2,1-3H3. The lowest BCUT2D eigenvalue weighted by molar-refractivity contribution is 0.0759. The summed E-state index contributed by atoms with van der Waals surface area (Å²) >= 11 is 0. The zero-order valence-electron chi connectivity index (χ0n) is 11.8. The van der Waals surface area contributed by atoms with Gasteiger partial charge in [0.05, 0.1) is 19.8 Å². The fourth-order valence-corrected chi connectivity index (χ4v) is 1.96. The van der Waals surface area contributed by atoms with Crippen LogP contribution >= 0.6 is 0 Å². The highest BCUT2D eigenvalue weighted by Crippen LogP contribution is 2.22. The molecule has 0 aromatic heterocycles. The highest BCUT2D eigenvalue weighted by Gasteiger charge is 2.04. The van der Waals surface area contributed by atoms with Crippen LogP contribution in [0, 0.1) is 0 Å². The zero-order valence-corrected chi connectivity index (χ0v) is 11.8. The average molecular weight is 251 g/mol. The second-order valence-electron chi connectivity index (χ2n) is 4.19. The van der Waals surface area contributed by atoms with Gasteiger partial charge in [-0.25, -0.2) is 0 Å². The Morgan fingerprint density at radius 1 is 1.00 bits per heavy atom. The van der Waals surface area contributed by atoms with E-state index in [2.05, 4.69) is 37.4 Å². The maximum Gasteiger partial charge on any atom is 0.0701 e. The van der Waals surface area contributed by atoms with Crippen LogP contribution in [0.4, 0.5) is 5.69 Å². The monoisotopic (exact) mass is 251 g/mol. The number of hydrogen-bond acceptors (Lipinski definition) is 3. The lowest BCUT2D eigenvalue weighted by Gasteiger charge is -2.15. The lowest BCUT2D eigenvalue weighted by atomic mass is 10.0. The van der Waals surface area contributed by atoms with Crippen LogP contribution < -0.4 is 5.32 Å². The molecule has 1 N–H and O–H groups in total. The summed E-state index contributed by atoms with van der Waals surface area (Å²) in [5, 5.41) is 3.49. The molecule has 0 radical (unpaired) electrons. The third-order valence-corrected chi connectivity index (χ3v) is 2.98. The van der Waals surface area contributed by atoms with E-state index in [1.54, 1.807) is 7.11 Å². The number of nitrogens with one attached hydrogen (secondary N) is 1. The first-order chi connectivity index (χ1) is 8.83. The van der Waals surface area contributed by atoms with Gasteiger partial charge in [-0.1, -0.05) is 32.0 Å². The average Bonchev–Trinajstić information content (AvgIpc) is 2.42. The van der Waals surface area contributed by atoms with Crippen LogP contribution in [-0.4, -0.2) is 33.5 Å². The summed E-state index contributed by atoms with van der Waals surface area (Å²) in [5.74, 6) is 0. The van der Waals surface area contributed by atoms with E-state index in [-0.39, 0.29) is 0 Å². The second kappa shape index (κ2) is 8.95. The summed E-state index contributed by atoms with van der Waals surface area (Å²) in [6.45, 7) is 7.25. The van der Waals surface area contributed by atoms with E-state index in [0.717, 1.165) is 19.4 Å². The molecule has 3 nitrogen and oxygen atoms in total. The molecule has 0 heterocycles. The van der Waals surface area contributed by atoms with E-state index in [0.29, 0.717) is 19.8 Å². The van der Waals surface area contributed by atoms with Crippen molar-refractivity contribution in [2.75, 3.05) is 38.8 Å². The van der Waals surface area contributed by atoms with Crippen LogP contribution in [0.15, 0.2) is 18.2 Å². The van der Waals surface area contributed by atoms with Crippen molar-refractivity contribution < 1.29 is 9.47 Å². The summed E-state index contributed by atoms with van der Waals surface area (Å²) in [6.07, 6.45) is 2.11. The molecule has 0 fully saturated rings. The predicted molar refractivity (Wildman–Crippen MR) is 76.4 cm³/mol. The molecule has 0 saturated heterocycles. The van der Waals surface area contributed by atoms with E-state index >= 15 is 0 Å². The lowest BCUT2D eigenvalue weighted by Crippen LogP contribution is -2.14. The number of aryl methyl sites for hydroxylation is 2. The van der Waals surface area contributed by atoms with Crippen LogP contribution in [0.1, 0.15) is 25.0 Å². The van der Waals surface area contributed by atoms with Crippen molar-refractivity contribution >= 4 is 5.69 Å². The van der Waals surface area contributed by atoms with Crippen LogP contribution in [0.3, 0.4) is 0 Å². The van der Waals surface area contributed by atoms with Crippen molar-refractivity contribution in [3.05, 3.63) is 29.3 Å². The first-order valence-corrected chi connectivity index (χ1v) is 6.74. The number of hydrogen-bond donors (Lipinski definition) is 1. The Kier molecular flexibility index (Phi) is 7.46. The molecule has 1 rings (SSSR count). The molecular weight excluding hydrogens is 226 g/mol. The van der Waals surface area contributed by atoms with Crippen molar-refractivity contribution in [2.45, 2.75) is 26.7 Å². The minimum absolute atomic E-state index is 0.658. The summed E-state index contributed by atoms with van der Waals surface area (Å²) in [4.78, 5) is 0. The Labute approximate surface area is 110 Å². The molecule has 0 unspecified atom stereocenters. The summed E-state index contributed by atoms with van der Waals surface area (Å²) in [6, 6.07) is 6.51. The number of para-hydroxylation sites is 1. The van der Waals surface area contributed by atoms with Crippen molar-refractivity contribution in [1.29, 1.82) is 0 Å². The van der Waals surface area contributed by atoms with Crippen molar-refractivity contribution in [3.63, 3.8) is 0 Å². The molecule has 1 aromatic carbocycles. The van der Waals surface area contributed by atoms with Gasteiger partial charge in [0.2, 0.25) is 0 Å². The number of ether oxygens (including phenoxy) is 2. The Bertz CT molecular complexity index is 317. The molecule has 0 atom stereocenters. The molecular formula is C15H25NO2. The quantitative estimate of drug-likeness (QED) is 0.685. The summed E-state index contributed by atoms with van der Waals surface area (Å²) in [7, 11) is 1.69. The molecule has 102 valence electrons. The topological polar surface area (TPSA) is 30.5 Å². The minimum atomic E-state index is 0.658. The van der Waals surface area contributed by atoms with Gasteiger partial charge in [0, 0.05) is 19.3 Å². The number of rotatable bonds is 9. The van der Waals surface area contributed by atoms with Gasteiger partial charge in [0.25, 0.3) is 0 Å². The van der Waals surface area contributed by atoms with E-state index in [4.69, 9.17) is 9.47 Å². The van der Waals surface area contributed by atoms with Crippen molar-refractivity contribution in [3.8, 4) is 0 Å².